The van der Waals surface area contributed by atoms with Crippen LogP contribution >= 0.6 is 11.6 Å². The second kappa shape index (κ2) is 7.09. The summed E-state index contributed by atoms with van der Waals surface area (Å²) in [5.74, 6) is -0.377. The molecule has 1 aliphatic heterocycles. The molecule has 20 heavy (non-hydrogen) atoms. The van der Waals surface area contributed by atoms with Crippen LogP contribution in [0.2, 0.25) is 5.02 Å². The molecule has 1 saturated heterocycles. The van der Waals surface area contributed by atoms with Gasteiger partial charge in [0.1, 0.15) is 11.6 Å². The van der Waals surface area contributed by atoms with Crippen LogP contribution in [0.4, 0.5) is 0 Å². The number of carbonyl (C=O) groups excluding carboxylic acids is 1. The number of hydrogen-bond donors (Lipinski definition) is 1. The Morgan fingerprint density at radius 2 is 2.25 bits per heavy atom. The largest absolute Gasteiger partial charge is 0.376 e. The molecule has 4 nitrogen and oxygen atoms in total. The van der Waals surface area contributed by atoms with E-state index in [4.69, 9.17) is 21.6 Å². The molecule has 1 aromatic carbocycles. The van der Waals surface area contributed by atoms with Gasteiger partial charge in [-0.1, -0.05) is 23.7 Å². The highest BCUT2D eigenvalue weighted by atomic mass is 35.5. The van der Waals surface area contributed by atoms with Crippen LogP contribution in [0.3, 0.4) is 0 Å². The average Bonchev–Trinajstić information content (AvgIpc) is 2.97. The molecule has 0 spiro atoms. The predicted molar refractivity (Wildman–Crippen MR) is 77.0 cm³/mol. The van der Waals surface area contributed by atoms with Crippen LogP contribution in [0, 0.1) is 11.3 Å². The maximum atomic E-state index is 11.9. The van der Waals surface area contributed by atoms with E-state index in [1.807, 2.05) is 6.07 Å². The SMILES string of the molecule is N#C/C(=C/c1ccc(Cl)cc1)C(=O)NC[C@@H]1CCCO1. The standard InChI is InChI=1S/C15H15ClN2O2/c16-13-5-3-11(4-6-13)8-12(9-17)15(19)18-10-14-2-1-7-20-14/h3-6,8,14H,1-2,7,10H2,(H,18,19)/b12-8-/t14-/m0/s1. The van der Waals surface area contributed by atoms with E-state index in [1.165, 1.54) is 0 Å². The van der Waals surface area contributed by atoms with Crippen LogP contribution in [0.5, 0.6) is 0 Å². The first kappa shape index (κ1) is 14.6. The minimum Gasteiger partial charge on any atom is -0.376 e. The van der Waals surface area contributed by atoms with Gasteiger partial charge < -0.3 is 10.1 Å². The maximum absolute atomic E-state index is 11.9. The molecular formula is C15H15ClN2O2. The molecule has 0 saturated carbocycles. The molecule has 104 valence electrons. The van der Waals surface area contributed by atoms with Gasteiger partial charge in [0.15, 0.2) is 0 Å². The van der Waals surface area contributed by atoms with E-state index < -0.39 is 0 Å². The van der Waals surface area contributed by atoms with Gasteiger partial charge in [-0.15, -0.1) is 0 Å². The molecule has 0 radical (unpaired) electrons. The second-order valence-electron chi connectivity index (χ2n) is 4.57. The Kier molecular flexibility index (Phi) is 5.16. The Balaban J connectivity index is 1.97. The van der Waals surface area contributed by atoms with Gasteiger partial charge in [0.25, 0.3) is 5.91 Å². The molecule has 1 fully saturated rings. The van der Waals surface area contributed by atoms with E-state index >= 15 is 0 Å². The summed E-state index contributed by atoms with van der Waals surface area (Å²) in [5.41, 5.74) is 0.837. The van der Waals surface area contributed by atoms with Gasteiger partial charge in [-0.25, -0.2) is 0 Å². The topological polar surface area (TPSA) is 62.1 Å². The van der Waals surface area contributed by atoms with Crippen molar-refractivity contribution in [3.05, 3.63) is 40.4 Å². The lowest BCUT2D eigenvalue weighted by molar-refractivity contribution is -0.117. The monoisotopic (exact) mass is 290 g/mol. The van der Waals surface area contributed by atoms with Crippen molar-refractivity contribution >= 4 is 23.6 Å². The molecular weight excluding hydrogens is 276 g/mol. The van der Waals surface area contributed by atoms with Crippen molar-refractivity contribution in [1.29, 1.82) is 5.26 Å². The molecule has 1 N–H and O–H groups in total. The number of halogens is 1. The highest BCUT2D eigenvalue weighted by Crippen LogP contribution is 2.13. The first-order valence-electron chi connectivity index (χ1n) is 6.46. The van der Waals surface area contributed by atoms with Crippen LogP contribution in [0.15, 0.2) is 29.8 Å². The molecule has 1 amide bonds. The van der Waals surface area contributed by atoms with Crippen LogP contribution in [0.1, 0.15) is 18.4 Å². The third-order valence-electron chi connectivity index (χ3n) is 3.06. The van der Waals surface area contributed by atoms with E-state index in [9.17, 15) is 4.79 Å². The van der Waals surface area contributed by atoms with Crippen molar-refractivity contribution in [2.45, 2.75) is 18.9 Å². The van der Waals surface area contributed by atoms with Crippen LogP contribution in [0.25, 0.3) is 6.08 Å². The molecule has 0 aliphatic carbocycles. The Morgan fingerprint density at radius 3 is 2.85 bits per heavy atom. The fourth-order valence-corrected chi connectivity index (χ4v) is 2.11. The summed E-state index contributed by atoms with van der Waals surface area (Å²) in [6.45, 7) is 1.19. The number of benzene rings is 1. The summed E-state index contributed by atoms with van der Waals surface area (Å²) in [6.07, 6.45) is 3.57. The number of nitrogens with one attached hydrogen (secondary N) is 1. The fraction of sp³-hybridized carbons (Fsp3) is 0.333. The van der Waals surface area contributed by atoms with Crippen LogP contribution < -0.4 is 5.32 Å². The van der Waals surface area contributed by atoms with E-state index in [-0.39, 0.29) is 17.6 Å². The first-order chi connectivity index (χ1) is 9.69. The number of hydrogen-bond acceptors (Lipinski definition) is 3. The van der Waals surface area contributed by atoms with E-state index in [0.717, 1.165) is 25.0 Å². The summed E-state index contributed by atoms with van der Waals surface area (Å²) in [5, 5.41) is 12.4. The highest BCUT2D eigenvalue weighted by molar-refractivity contribution is 6.30. The zero-order valence-corrected chi connectivity index (χ0v) is 11.7. The molecule has 1 aromatic rings. The number of nitriles is 1. The Morgan fingerprint density at radius 1 is 1.50 bits per heavy atom. The van der Waals surface area contributed by atoms with Gasteiger partial charge in [-0.2, -0.15) is 5.26 Å². The minimum absolute atomic E-state index is 0.0643. The van der Waals surface area contributed by atoms with E-state index in [0.29, 0.717) is 11.6 Å². The zero-order valence-electron chi connectivity index (χ0n) is 10.9. The number of ether oxygens (including phenoxy) is 1. The van der Waals surface area contributed by atoms with Crippen LogP contribution in [-0.4, -0.2) is 25.2 Å². The Labute approximate surface area is 123 Å². The number of nitrogens with zero attached hydrogens (tertiary/aromatic N) is 1. The summed E-state index contributed by atoms with van der Waals surface area (Å²) in [6, 6.07) is 8.86. The maximum Gasteiger partial charge on any atom is 0.262 e. The number of rotatable bonds is 4. The summed E-state index contributed by atoms with van der Waals surface area (Å²) >= 11 is 5.79. The number of carbonyl (C=O) groups is 1. The second-order valence-corrected chi connectivity index (χ2v) is 5.00. The Bertz CT molecular complexity index is 540. The molecule has 0 bridgehead atoms. The summed E-state index contributed by atoms with van der Waals surface area (Å²) < 4.78 is 5.42. The lowest BCUT2D eigenvalue weighted by Crippen LogP contribution is -2.32. The fourth-order valence-electron chi connectivity index (χ4n) is 1.98. The van der Waals surface area contributed by atoms with Crippen molar-refractivity contribution < 1.29 is 9.53 Å². The molecule has 0 unspecified atom stereocenters. The van der Waals surface area contributed by atoms with Gasteiger partial charge in [0, 0.05) is 18.2 Å². The van der Waals surface area contributed by atoms with Crippen LogP contribution in [-0.2, 0) is 9.53 Å². The summed E-state index contributed by atoms with van der Waals surface area (Å²) in [4.78, 5) is 11.9. The van der Waals surface area contributed by atoms with Crippen molar-refractivity contribution in [3.63, 3.8) is 0 Å². The van der Waals surface area contributed by atoms with Crippen molar-refractivity contribution in [2.75, 3.05) is 13.2 Å². The molecule has 1 atom stereocenters. The lowest BCUT2D eigenvalue weighted by Gasteiger charge is -2.10. The van der Waals surface area contributed by atoms with E-state index in [2.05, 4.69) is 5.32 Å². The molecule has 2 rings (SSSR count). The smallest absolute Gasteiger partial charge is 0.262 e. The van der Waals surface area contributed by atoms with Crippen molar-refractivity contribution in [1.82, 2.24) is 5.32 Å². The van der Waals surface area contributed by atoms with Gasteiger partial charge in [0.2, 0.25) is 0 Å². The predicted octanol–water partition coefficient (Wildman–Crippen LogP) is 2.54. The minimum atomic E-state index is -0.377. The molecule has 1 heterocycles. The normalized spacial score (nSPS) is 18.6. The zero-order chi connectivity index (χ0) is 14.4. The van der Waals surface area contributed by atoms with Gasteiger partial charge in [-0.3, -0.25) is 4.79 Å². The van der Waals surface area contributed by atoms with E-state index in [1.54, 1.807) is 30.3 Å². The third kappa shape index (κ3) is 4.09. The highest BCUT2D eigenvalue weighted by Gasteiger charge is 2.17. The first-order valence-corrected chi connectivity index (χ1v) is 6.84. The quantitative estimate of drug-likeness (QED) is 0.685. The lowest BCUT2D eigenvalue weighted by atomic mass is 10.1. The summed E-state index contributed by atoms with van der Waals surface area (Å²) in [7, 11) is 0. The van der Waals surface area contributed by atoms with Gasteiger partial charge >= 0.3 is 0 Å². The average molecular weight is 291 g/mol. The van der Waals surface area contributed by atoms with Crippen molar-refractivity contribution in [2.24, 2.45) is 0 Å². The van der Waals surface area contributed by atoms with Crippen molar-refractivity contribution in [3.8, 4) is 6.07 Å². The number of amides is 1. The van der Waals surface area contributed by atoms with Gasteiger partial charge in [-0.05, 0) is 36.6 Å². The Hall–Kier alpha value is -1.83. The molecule has 5 heteroatoms. The third-order valence-corrected chi connectivity index (χ3v) is 3.31. The molecule has 1 aliphatic rings. The molecule has 0 aromatic heterocycles. The van der Waals surface area contributed by atoms with Gasteiger partial charge in [0.05, 0.1) is 6.10 Å².